The van der Waals surface area contributed by atoms with Gasteiger partial charge in [0.1, 0.15) is 5.75 Å². The number of carbonyl (C=O) groups is 3. The molecule has 1 spiro atoms. The third-order valence-corrected chi connectivity index (χ3v) is 8.71. The minimum Gasteiger partial charge on any atom is -0.497 e. The molecule has 190 valence electrons. The number of nitrogens with one attached hydrogen (secondary N) is 1. The van der Waals surface area contributed by atoms with E-state index in [1.165, 1.54) is 0 Å². The minimum atomic E-state index is 0.0545. The summed E-state index contributed by atoms with van der Waals surface area (Å²) in [6.45, 7) is 4.23. The molecule has 1 N–H and O–H groups in total. The maximum Gasteiger partial charge on any atom is 0.227 e. The fourth-order valence-corrected chi connectivity index (χ4v) is 6.40. The summed E-state index contributed by atoms with van der Waals surface area (Å²) in [5.74, 6) is 1.98. The second-order valence-electron chi connectivity index (χ2n) is 11.0. The summed E-state index contributed by atoms with van der Waals surface area (Å²) in [5, 5.41) is 7.37. The van der Waals surface area contributed by atoms with Crippen LogP contribution in [0.25, 0.3) is 0 Å². The first-order valence-corrected chi connectivity index (χ1v) is 12.9. The number of piperidine rings is 2. The summed E-state index contributed by atoms with van der Waals surface area (Å²) in [5.41, 5.74) is 2.08. The summed E-state index contributed by atoms with van der Waals surface area (Å²) < 4.78 is 7.05. The number of hydrogen-bond acceptors (Lipinski definition) is 5. The second-order valence-corrected chi connectivity index (χ2v) is 11.0. The molecule has 1 aromatic carbocycles. The van der Waals surface area contributed by atoms with E-state index in [1.54, 1.807) is 13.3 Å². The third-order valence-electron chi connectivity index (χ3n) is 8.71. The van der Waals surface area contributed by atoms with Gasteiger partial charge in [-0.05, 0) is 53.4 Å². The Morgan fingerprint density at radius 2 is 1.81 bits per heavy atom. The molecule has 9 nitrogen and oxygen atoms in total. The van der Waals surface area contributed by atoms with E-state index in [0.717, 1.165) is 49.4 Å². The van der Waals surface area contributed by atoms with Crippen LogP contribution in [0.4, 0.5) is 0 Å². The van der Waals surface area contributed by atoms with Crippen LogP contribution >= 0.6 is 0 Å². The predicted octanol–water partition coefficient (Wildman–Crippen LogP) is 1.32. The van der Waals surface area contributed by atoms with Crippen LogP contribution in [0.3, 0.4) is 0 Å². The number of carbonyl (C=O) groups excluding carboxylic acids is 3. The fourth-order valence-electron chi connectivity index (χ4n) is 6.40. The Kier molecular flexibility index (Phi) is 5.73. The second kappa shape index (κ2) is 8.94. The van der Waals surface area contributed by atoms with Gasteiger partial charge in [0.05, 0.1) is 26.3 Å². The molecule has 4 heterocycles. The van der Waals surface area contributed by atoms with Gasteiger partial charge >= 0.3 is 0 Å². The number of aromatic nitrogens is 2. The van der Waals surface area contributed by atoms with Gasteiger partial charge in [-0.15, -0.1) is 0 Å². The van der Waals surface area contributed by atoms with Gasteiger partial charge < -0.3 is 19.9 Å². The van der Waals surface area contributed by atoms with E-state index in [4.69, 9.17) is 4.74 Å². The van der Waals surface area contributed by atoms with Gasteiger partial charge in [-0.1, -0.05) is 12.1 Å². The van der Waals surface area contributed by atoms with Crippen LogP contribution in [0.1, 0.15) is 30.4 Å². The van der Waals surface area contributed by atoms with Crippen LogP contribution in [0.5, 0.6) is 5.75 Å². The average molecular weight is 492 g/mol. The van der Waals surface area contributed by atoms with Crippen LogP contribution < -0.4 is 10.1 Å². The molecule has 6 rings (SSSR count). The summed E-state index contributed by atoms with van der Waals surface area (Å²) in [6.07, 6.45) is 6.43. The van der Waals surface area contributed by atoms with Crippen LogP contribution in [0.2, 0.25) is 0 Å². The zero-order valence-electron chi connectivity index (χ0n) is 20.7. The van der Waals surface area contributed by atoms with Crippen molar-refractivity contribution in [1.29, 1.82) is 0 Å². The lowest BCUT2D eigenvalue weighted by molar-refractivity contribution is -0.137. The lowest BCUT2D eigenvalue weighted by atomic mass is 9.77. The van der Waals surface area contributed by atoms with E-state index in [-0.39, 0.29) is 29.1 Å². The molecular formula is C27H33N5O4. The molecule has 4 aliphatic rings. The fraction of sp³-hybridized carbons (Fsp3) is 0.556. The zero-order chi connectivity index (χ0) is 24.9. The molecule has 0 bridgehead atoms. The normalized spacial score (nSPS) is 26.1. The topological polar surface area (TPSA) is 96.8 Å². The first kappa shape index (κ1) is 23.1. The molecule has 4 fully saturated rings. The number of ether oxygens (including phenoxy) is 1. The highest BCUT2D eigenvalue weighted by Crippen LogP contribution is 2.53. The Hall–Kier alpha value is -3.36. The van der Waals surface area contributed by atoms with E-state index in [9.17, 15) is 14.4 Å². The van der Waals surface area contributed by atoms with Crippen molar-refractivity contribution in [3.05, 3.63) is 47.8 Å². The molecule has 36 heavy (non-hydrogen) atoms. The molecule has 3 atom stereocenters. The van der Waals surface area contributed by atoms with Crippen LogP contribution in [-0.2, 0) is 27.3 Å². The number of amides is 3. The molecule has 9 heteroatoms. The molecule has 3 saturated heterocycles. The number of methoxy groups -OCH3 is 1. The molecule has 0 radical (unpaired) electrons. The first-order chi connectivity index (χ1) is 17.4. The molecule has 1 unspecified atom stereocenters. The van der Waals surface area contributed by atoms with Gasteiger partial charge in [-0.25, -0.2) is 0 Å². The molecular weight excluding hydrogens is 458 g/mol. The minimum absolute atomic E-state index is 0.0545. The number of fused-ring (bicyclic) bond motifs is 1. The van der Waals surface area contributed by atoms with E-state index in [1.807, 2.05) is 44.9 Å². The summed E-state index contributed by atoms with van der Waals surface area (Å²) in [7, 11) is 1.65. The van der Waals surface area contributed by atoms with Gasteiger partial charge in [0.15, 0.2) is 0 Å². The number of hydrogen-bond donors (Lipinski definition) is 1. The van der Waals surface area contributed by atoms with Gasteiger partial charge in [-0.2, -0.15) is 5.10 Å². The highest BCUT2D eigenvalue weighted by atomic mass is 16.5. The monoisotopic (exact) mass is 491 g/mol. The highest BCUT2D eigenvalue weighted by molar-refractivity contribution is 5.85. The Labute approximate surface area is 210 Å². The van der Waals surface area contributed by atoms with E-state index >= 15 is 0 Å². The van der Waals surface area contributed by atoms with Crippen molar-refractivity contribution in [2.45, 2.75) is 32.2 Å². The lowest BCUT2D eigenvalue weighted by Gasteiger charge is -2.38. The third kappa shape index (κ3) is 4.35. The van der Waals surface area contributed by atoms with Crippen LogP contribution in [0.15, 0.2) is 36.7 Å². The predicted molar refractivity (Wildman–Crippen MR) is 131 cm³/mol. The number of benzene rings is 1. The van der Waals surface area contributed by atoms with Crippen molar-refractivity contribution in [3.63, 3.8) is 0 Å². The quantitative estimate of drug-likeness (QED) is 0.658. The molecule has 1 saturated carbocycles. The van der Waals surface area contributed by atoms with Crippen molar-refractivity contribution in [2.24, 2.45) is 23.2 Å². The zero-order valence-corrected chi connectivity index (χ0v) is 20.7. The van der Waals surface area contributed by atoms with Crippen molar-refractivity contribution >= 4 is 17.7 Å². The van der Waals surface area contributed by atoms with Crippen molar-refractivity contribution in [2.75, 3.05) is 39.8 Å². The molecule has 3 amide bonds. The van der Waals surface area contributed by atoms with Gasteiger partial charge in [0.2, 0.25) is 17.7 Å². The standard InChI is InChI=1S/C27H33N5O4/c1-36-20-4-2-18(3-5-20)13-32-14-19(12-29-32)10-24(34)31-15-21-22(16-31)25(21)26(35)30-8-6-27(7-9-30)11-23(33)28-17-27/h2-5,12,14,21-22,25H,6-11,13,15-17H2,1H3,(H,28,33)/t21-,22+,25?. The van der Waals surface area contributed by atoms with Crippen LogP contribution in [0, 0.1) is 23.2 Å². The van der Waals surface area contributed by atoms with Crippen molar-refractivity contribution in [3.8, 4) is 5.75 Å². The summed E-state index contributed by atoms with van der Waals surface area (Å²) in [6, 6.07) is 7.87. The first-order valence-electron chi connectivity index (χ1n) is 12.9. The Balaban J connectivity index is 0.965. The average Bonchev–Trinajstić information content (AvgIpc) is 3.25. The number of likely N-dealkylation sites (tertiary alicyclic amines) is 2. The van der Waals surface area contributed by atoms with Crippen molar-refractivity contribution < 1.29 is 19.1 Å². The van der Waals surface area contributed by atoms with Crippen LogP contribution in [-0.4, -0.2) is 77.1 Å². The van der Waals surface area contributed by atoms with E-state index in [2.05, 4.69) is 10.4 Å². The summed E-state index contributed by atoms with van der Waals surface area (Å²) in [4.78, 5) is 41.6. The van der Waals surface area contributed by atoms with Gasteiger partial charge in [0, 0.05) is 51.3 Å². The number of rotatable bonds is 6. The van der Waals surface area contributed by atoms with Gasteiger partial charge in [0.25, 0.3) is 0 Å². The largest absolute Gasteiger partial charge is 0.497 e. The molecule has 3 aliphatic heterocycles. The van der Waals surface area contributed by atoms with Gasteiger partial charge in [-0.3, -0.25) is 19.1 Å². The smallest absolute Gasteiger partial charge is 0.227 e. The molecule has 2 aromatic rings. The Morgan fingerprint density at radius 1 is 1.08 bits per heavy atom. The molecule has 1 aromatic heterocycles. The van der Waals surface area contributed by atoms with E-state index in [0.29, 0.717) is 44.3 Å². The van der Waals surface area contributed by atoms with Crippen molar-refractivity contribution in [1.82, 2.24) is 24.9 Å². The number of nitrogens with zero attached hydrogens (tertiary/aromatic N) is 4. The maximum atomic E-state index is 13.1. The Bertz CT molecular complexity index is 1160. The van der Waals surface area contributed by atoms with E-state index < -0.39 is 0 Å². The molecule has 1 aliphatic carbocycles. The SMILES string of the molecule is COc1ccc(Cn2cc(CC(=O)N3C[C@@H]4C(C(=O)N5CCC6(CC5)CNC(=O)C6)[C@@H]4C3)cn2)cc1. The lowest BCUT2D eigenvalue weighted by Crippen LogP contribution is -2.45. The highest BCUT2D eigenvalue weighted by Gasteiger charge is 2.61. The maximum absolute atomic E-state index is 13.1. The summed E-state index contributed by atoms with van der Waals surface area (Å²) >= 11 is 0. The Morgan fingerprint density at radius 3 is 2.44 bits per heavy atom.